The summed E-state index contributed by atoms with van der Waals surface area (Å²) in [4.78, 5) is 32.6. The number of carbonyl (C=O) groups excluding carboxylic acids is 1. The molecular formula is C16H18NaO5P. The number of rotatable bonds is 2. The van der Waals surface area contributed by atoms with Gasteiger partial charge in [-0.1, -0.05) is 55.3 Å². The molecule has 0 saturated heterocycles. The second kappa shape index (κ2) is 9.50. The quantitative estimate of drug-likeness (QED) is 0.399. The van der Waals surface area contributed by atoms with Crippen molar-refractivity contribution in [1.29, 1.82) is 0 Å². The Labute approximate surface area is 157 Å². The van der Waals surface area contributed by atoms with Crippen molar-refractivity contribution in [2.24, 2.45) is 0 Å². The van der Waals surface area contributed by atoms with E-state index < -0.39 is 7.82 Å². The maximum atomic E-state index is 11.0. The summed E-state index contributed by atoms with van der Waals surface area (Å²) in [5.41, 5.74) is 6.20. The van der Waals surface area contributed by atoms with Crippen LogP contribution < -0.4 is 29.6 Å². The topological polar surface area (TPSA) is 94.8 Å². The van der Waals surface area contributed by atoms with Gasteiger partial charge in [0.05, 0.1) is 6.29 Å². The number of hydrogen-bond donors (Lipinski definition) is 3. The zero-order valence-corrected chi connectivity index (χ0v) is 16.5. The molecule has 0 unspecified atom stereocenters. The first-order valence-corrected chi connectivity index (χ1v) is 8.04. The van der Waals surface area contributed by atoms with Crippen LogP contribution in [0.2, 0.25) is 0 Å². The first-order valence-electron chi connectivity index (χ1n) is 6.47. The molecule has 3 N–H and O–H groups in total. The van der Waals surface area contributed by atoms with Crippen molar-refractivity contribution in [2.45, 2.75) is 20.8 Å². The van der Waals surface area contributed by atoms with Gasteiger partial charge in [0.1, 0.15) is 0 Å². The average molecular weight is 344 g/mol. The molecule has 0 radical (unpaired) electrons. The molecule has 2 rings (SSSR count). The second-order valence-corrected chi connectivity index (χ2v) is 5.89. The van der Waals surface area contributed by atoms with E-state index in [1.54, 1.807) is 0 Å². The molecule has 0 atom stereocenters. The van der Waals surface area contributed by atoms with Crippen LogP contribution in [0.25, 0.3) is 11.1 Å². The third kappa shape index (κ3) is 7.10. The molecule has 23 heavy (non-hydrogen) atoms. The summed E-state index contributed by atoms with van der Waals surface area (Å²) in [7, 11) is -4.64. The molecule has 0 aromatic heterocycles. The third-order valence-electron chi connectivity index (χ3n) is 3.14. The Morgan fingerprint density at radius 3 is 1.87 bits per heavy atom. The third-order valence-corrected chi connectivity index (χ3v) is 3.14. The average Bonchev–Trinajstić information content (AvgIpc) is 2.38. The van der Waals surface area contributed by atoms with Crippen LogP contribution in [0, 0.1) is 20.8 Å². The van der Waals surface area contributed by atoms with Crippen LogP contribution in [-0.2, 0) is 9.36 Å². The molecule has 0 heterocycles. The van der Waals surface area contributed by atoms with Gasteiger partial charge >= 0.3 is 37.4 Å². The van der Waals surface area contributed by atoms with E-state index in [1.165, 1.54) is 5.56 Å². The molecule has 0 bridgehead atoms. The summed E-state index contributed by atoms with van der Waals surface area (Å²) in [6, 6.07) is 12.2. The monoisotopic (exact) mass is 344 g/mol. The van der Waals surface area contributed by atoms with Crippen molar-refractivity contribution in [3.05, 3.63) is 58.7 Å². The van der Waals surface area contributed by atoms with Crippen LogP contribution in [0.5, 0.6) is 0 Å². The van der Waals surface area contributed by atoms with Crippen molar-refractivity contribution in [2.75, 3.05) is 0 Å². The minimum Gasteiger partial charge on any atom is -0.376 e. The molecule has 7 heteroatoms. The molecule has 0 spiro atoms. The molecule has 0 fully saturated rings. The summed E-state index contributed by atoms with van der Waals surface area (Å²) in [5, 5.41) is 0. The second-order valence-electron chi connectivity index (χ2n) is 4.87. The van der Waals surface area contributed by atoms with Crippen molar-refractivity contribution in [3.8, 4) is 11.1 Å². The largest absolute Gasteiger partial charge is 1.00 e. The number of hydrogen-bond acceptors (Lipinski definition) is 2. The molecule has 0 aliphatic carbocycles. The molecule has 5 nitrogen and oxygen atoms in total. The summed E-state index contributed by atoms with van der Waals surface area (Å²) < 4.78 is 8.88. The zero-order valence-electron chi connectivity index (χ0n) is 13.6. The van der Waals surface area contributed by atoms with Crippen molar-refractivity contribution >= 4 is 14.1 Å². The predicted octanol–water partition coefficient (Wildman–Crippen LogP) is -0.188. The fraction of sp³-hybridized carbons (Fsp3) is 0.188. The summed E-state index contributed by atoms with van der Waals surface area (Å²) in [6.07, 6.45) is 2.05. The SMILES string of the molecule is Cc1cc(C)c(-c2ccccc2)c(C)c1[C-]=O.O=P(O)(O)O.[Na+]. The van der Waals surface area contributed by atoms with E-state index in [9.17, 15) is 4.79 Å². The van der Waals surface area contributed by atoms with Crippen molar-refractivity contribution in [3.63, 3.8) is 0 Å². The van der Waals surface area contributed by atoms with E-state index in [2.05, 4.69) is 31.4 Å². The Kier molecular flexibility index (Phi) is 9.18. The minimum absolute atomic E-state index is 0. The predicted molar refractivity (Wildman–Crippen MR) is 85.1 cm³/mol. The van der Waals surface area contributed by atoms with E-state index in [1.807, 2.05) is 32.0 Å². The Hall–Kier alpha value is -0.780. The van der Waals surface area contributed by atoms with E-state index >= 15 is 0 Å². The summed E-state index contributed by atoms with van der Waals surface area (Å²) in [6.45, 7) is 6.02. The molecule has 0 amide bonds. The standard InChI is InChI=1S/C16H15O.Na.H3O4P/c1-11-9-12(2)16(13(3)15(11)10-17)14-7-5-4-6-8-14;;1-5(2,3)4/h4-9H,1-3H3;;(H3,1,2,3,4)/q-1;+1;. The van der Waals surface area contributed by atoms with Gasteiger partial charge in [-0.3, -0.25) is 0 Å². The van der Waals surface area contributed by atoms with E-state index in [4.69, 9.17) is 19.2 Å². The van der Waals surface area contributed by atoms with Gasteiger partial charge < -0.3 is 19.5 Å². The van der Waals surface area contributed by atoms with Gasteiger partial charge in [-0.05, 0) is 12.5 Å². The van der Waals surface area contributed by atoms with Gasteiger partial charge in [-0.15, -0.1) is 22.8 Å². The van der Waals surface area contributed by atoms with Crippen LogP contribution >= 0.6 is 7.82 Å². The first-order chi connectivity index (χ1) is 10.1. The number of phosphoric acid groups is 1. The van der Waals surface area contributed by atoms with Crippen molar-refractivity contribution in [1.82, 2.24) is 0 Å². The van der Waals surface area contributed by atoms with Crippen LogP contribution in [-0.4, -0.2) is 21.0 Å². The van der Waals surface area contributed by atoms with E-state index in [-0.39, 0.29) is 29.6 Å². The van der Waals surface area contributed by atoms with Crippen LogP contribution in [0.3, 0.4) is 0 Å². The van der Waals surface area contributed by atoms with Crippen LogP contribution in [0.4, 0.5) is 0 Å². The Morgan fingerprint density at radius 2 is 1.43 bits per heavy atom. The molecule has 0 aliphatic heterocycles. The van der Waals surface area contributed by atoms with Crippen molar-refractivity contribution < 1.29 is 53.6 Å². The Bertz CT molecular complexity index is 702. The summed E-state index contributed by atoms with van der Waals surface area (Å²) >= 11 is 0. The molecule has 118 valence electrons. The first kappa shape index (κ1) is 22.2. The maximum Gasteiger partial charge on any atom is 1.00 e. The zero-order chi connectivity index (χ0) is 16.9. The fourth-order valence-corrected chi connectivity index (χ4v) is 2.39. The molecule has 2 aromatic rings. The van der Waals surface area contributed by atoms with E-state index in [0.29, 0.717) is 5.56 Å². The van der Waals surface area contributed by atoms with Crippen LogP contribution in [0.15, 0.2) is 36.4 Å². The molecule has 2 aromatic carbocycles. The summed E-state index contributed by atoms with van der Waals surface area (Å²) in [5.74, 6) is 0. The van der Waals surface area contributed by atoms with Gasteiger partial charge in [0.15, 0.2) is 0 Å². The Morgan fingerprint density at radius 1 is 0.957 bits per heavy atom. The van der Waals surface area contributed by atoms with Gasteiger partial charge in [0.2, 0.25) is 0 Å². The van der Waals surface area contributed by atoms with Crippen LogP contribution in [0.1, 0.15) is 22.3 Å². The normalized spacial score (nSPS) is 10.2. The fourth-order valence-electron chi connectivity index (χ4n) is 2.39. The van der Waals surface area contributed by atoms with Gasteiger partial charge in [0.25, 0.3) is 0 Å². The maximum absolute atomic E-state index is 11.0. The molecular weight excluding hydrogens is 326 g/mol. The van der Waals surface area contributed by atoms with E-state index in [0.717, 1.165) is 22.3 Å². The molecule has 0 saturated carbocycles. The molecule has 0 aliphatic rings. The van der Waals surface area contributed by atoms with Gasteiger partial charge in [0, 0.05) is 0 Å². The minimum atomic E-state index is -4.64. The Balaban J connectivity index is 0.000000709. The number of aryl methyl sites for hydroxylation is 2. The van der Waals surface area contributed by atoms with Gasteiger partial charge in [-0.2, -0.15) is 0 Å². The number of benzene rings is 2. The van der Waals surface area contributed by atoms with Gasteiger partial charge in [-0.25, -0.2) is 4.57 Å². The smallest absolute Gasteiger partial charge is 0.376 e.